The summed E-state index contributed by atoms with van der Waals surface area (Å²) in [6.45, 7) is 4.29. The van der Waals surface area contributed by atoms with Crippen molar-refractivity contribution in [1.82, 2.24) is 0 Å². The second-order valence-electron chi connectivity index (χ2n) is 5.93. The Bertz CT molecular complexity index is 648. The monoisotopic (exact) mass is 281 g/mol. The fourth-order valence-electron chi connectivity index (χ4n) is 3.16. The number of rotatable bonds is 4. The van der Waals surface area contributed by atoms with E-state index in [-0.39, 0.29) is 0 Å². The van der Waals surface area contributed by atoms with E-state index in [0.717, 1.165) is 17.0 Å². The van der Waals surface area contributed by atoms with Crippen LogP contribution in [-0.2, 0) is 12.8 Å². The number of aryl methyl sites for hydroxylation is 3. The summed E-state index contributed by atoms with van der Waals surface area (Å²) in [7, 11) is 1.71. The van der Waals surface area contributed by atoms with E-state index < -0.39 is 0 Å². The van der Waals surface area contributed by atoms with Crippen molar-refractivity contribution in [3.05, 3.63) is 58.7 Å². The van der Waals surface area contributed by atoms with Crippen molar-refractivity contribution < 1.29 is 4.74 Å². The van der Waals surface area contributed by atoms with E-state index in [2.05, 4.69) is 49.5 Å². The minimum atomic E-state index is 0.309. The molecule has 0 fully saturated rings. The molecular formula is C19H23NO. The first-order valence-electron chi connectivity index (χ1n) is 7.70. The summed E-state index contributed by atoms with van der Waals surface area (Å²) in [5.41, 5.74) is 6.73. The van der Waals surface area contributed by atoms with Crippen LogP contribution in [0.5, 0.6) is 5.75 Å². The molecule has 0 radical (unpaired) electrons. The zero-order valence-electron chi connectivity index (χ0n) is 13.1. The Labute approximate surface area is 127 Å². The number of methoxy groups -OCH3 is 1. The molecule has 2 heteroatoms. The second kappa shape index (κ2) is 5.80. The number of ether oxygens (including phenoxy) is 1. The number of anilines is 1. The molecule has 0 aliphatic heterocycles. The average molecular weight is 281 g/mol. The van der Waals surface area contributed by atoms with Gasteiger partial charge in [-0.15, -0.1) is 0 Å². The molecule has 0 bridgehead atoms. The summed E-state index contributed by atoms with van der Waals surface area (Å²) in [6.07, 6.45) is 3.78. The van der Waals surface area contributed by atoms with Crippen LogP contribution < -0.4 is 10.1 Å². The fraction of sp³-hybridized carbons (Fsp3) is 0.368. The average Bonchev–Trinajstić information content (AvgIpc) is 2.94. The number of hydrogen-bond acceptors (Lipinski definition) is 2. The minimum Gasteiger partial charge on any atom is -0.496 e. The van der Waals surface area contributed by atoms with Crippen LogP contribution in [0.2, 0.25) is 0 Å². The van der Waals surface area contributed by atoms with Gasteiger partial charge in [0.1, 0.15) is 5.75 Å². The van der Waals surface area contributed by atoms with Crippen molar-refractivity contribution in [2.24, 2.45) is 0 Å². The lowest BCUT2D eigenvalue weighted by Crippen LogP contribution is -2.07. The molecule has 0 saturated carbocycles. The van der Waals surface area contributed by atoms with E-state index in [0.29, 0.717) is 6.04 Å². The highest BCUT2D eigenvalue weighted by Crippen LogP contribution is 2.28. The van der Waals surface area contributed by atoms with Gasteiger partial charge in [0.25, 0.3) is 0 Å². The van der Waals surface area contributed by atoms with Crippen LogP contribution >= 0.6 is 0 Å². The van der Waals surface area contributed by atoms with Gasteiger partial charge in [0.05, 0.1) is 7.11 Å². The van der Waals surface area contributed by atoms with Gasteiger partial charge in [0.15, 0.2) is 0 Å². The first-order valence-corrected chi connectivity index (χ1v) is 7.70. The van der Waals surface area contributed by atoms with Gasteiger partial charge < -0.3 is 10.1 Å². The highest BCUT2D eigenvalue weighted by molar-refractivity contribution is 5.52. The molecule has 2 nitrogen and oxygen atoms in total. The van der Waals surface area contributed by atoms with E-state index >= 15 is 0 Å². The van der Waals surface area contributed by atoms with E-state index in [1.807, 2.05) is 6.07 Å². The van der Waals surface area contributed by atoms with Crippen molar-refractivity contribution in [3.8, 4) is 5.75 Å². The first-order chi connectivity index (χ1) is 10.2. The maximum Gasteiger partial charge on any atom is 0.121 e. The Balaban J connectivity index is 1.76. The summed E-state index contributed by atoms with van der Waals surface area (Å²) >= 11 is 0. The molecule has 21 heavy (non-hydrogen) atoms. The number of benzene rings is 2. The van der Waals surface area contributed by atoms with Crippen LogP contribution in [0.1, 0.15) is 41.6 Å². The third-order valence-corrected chi connectivity index (χ3v) is 4.40. The molecule has 1 unspecified atom stereocenters. The maximum absolute atomic E-state index is 5.31. The van der Waals surface area contributed by atoms with Crippen molar-refractivity contribution in [3.63, 3.8) is 0 Å². The third kappa shape index (κ3) is 2.90. The molecule has 1 N–H and O–H groups in total. The molecular weight excluding hydrogens is 258 g/mol. The predicted octanol–water partition coefficient (Wildman–Crippen LogP) is 4.67. The van der Waals surface area contributed by atoms with Gasteiger partial charge in [-0.2, -0.15) is 0 Å². The number of hydrogen-bond donors (Lipinski definition) is 1. The summed E-state index contributed by atoms with van der Waals surface area (Å²) in [5.74, 6) is 0.936. The van der Waals surface area contributed by atoms with E-state index in [1.54, 1.807) is 7.11 Å². The van der Waals surface area contributed by atoms with E-state index in [9.17, 15) is 0 Å². The lowest BCUT2D eigenvalue weighted by atomic mass is 10.0. The highest BCUT2D eigenvalue weighted by atomic mass is 16.5. The molecule has 1 aliphatic rings. The molecule has 1 atom stereocenters. The van der Waals surface area contributed by atoms with Crippen LogP contribution in [0.3, 0.4) is 0 Å². The zero-order valence-corrected chi connectivity index (χ0v) is 13.1. The van der Waals surface area contributed by atoms with Gasteiger partial charge in [-0.3, -0.25) is 0 Å². The smallest absolute Gasteiger partial charge is 0.121 e. The summed E-state index contributed by atoms with van der Waals surface area (Å²) in [6, 6.07) is 13.5. The largest absolute Gasteiger partial charge is 0.496 e. The summed E-state index contributed by atoms with van der Waals surface area (Å²) in [4.78, 5) is 0. The molecule has 0 heterocycles. The molecule has 0 saturated heterocycles. The van der Waals surface area contributed by atoms with Crippen LogP contribution in [0.25, 0.3) is 0 Å². The fourth-order valence-corrected chi connectivity index (χ4v) is 3.16. The van der Waals surface area contributed by atoms with Crippen molar-refractivity contribution in [1.29, 1.82) is 0 Å². The van der Waals surface area contributed by atoms with Crippen molar-refractivity contribution in [2.75, 3.05) is 12.4 Å². The molecule has 0 amide bonds. The second-order valence-corrected chi connectivity index (χ2v) is 5.93. The Hall–Kier alpha value is -1.96. The zero-order chi connectivity index (χ0) is 14.8. The Morgan fingerprint density at radius 1 is 1.05 bits per heavy atom. The van der Waals surface area contributed by atoms with E-state index in [1.165, 1.54) is 36.0 Å². The Morgan fingerprint density at radius 3 is 2.62 bits per heavy atom. The standard InChI is InChI=1S/C19H23NO/c1-13-11-18(9-10-19(13)21-3)20-14(2)16-8-7-15-5-4-6-17(15)12-16/h7-12,14,20H,4-6H2,1-3H3. The topological polar surface area (TPSA) is 21.3 Å². The molecule has 110 valence electrons. The Kier molecular flexibility index (Phi) is 3.87. The van der Waals surface area contributed by atoms with Crippen LogP contribution in [0.15, 0.2) is 36.4 Å². The van der Waals surface area contributed by atoms with E-state index in [4.69, 9.17) is 4.74 Å². The van der Waals surface area contributed by atoms with Gasteiger partial charge >= 0.3 is 0 Å². The van der Waals surface area contributed by atoms with Gasteiger partial charge in [-0.25, -0.2) is 0 Å². The van der Waals surface area contributed by atoms with Crippen LogP contribution in [-0.4, -0.2) is 7.11 Å². The number of fused-ring (bicyclic) bond motifs is 1. The number of nitrogens with one attached hydrogen (secondary N) is 1. The van der Waals surface area contributed by atoms with Crippen molar-refractivity contribution in [2.45, 2.75) is 39.2 Å². The minimum absolute atomic E-state index is 0.309. The third-order valence-electron chi connectivity index (χ3n) is 4.40. The molecule has 0 spiro atoms. The molecule has 2 aromatic rings. The molecule has 2 aromatic carbocycles. The SMILES string of the molecule is COc1ccc(NC(C)c2ccc3c(c2)CCC3)cc1C. The van der Waals surface area contributed by atoms with Crippen LogP contribution in [0, 0.1) is 6.92 Å². The molecule has 3 rings (SSSR count). The summed E-state index contributed by atoms with van der Waals surface area (Å²) < 4.78 is 5.31. The highest BCUT2D eigenvalue weighted by Gasteiger charge is 2.13. The van der Waals surface area contributed by atoms with Gasteiger partial charge in [0.2, 0.25) is 0 Å². The lowest BCUT2D eigenvalue weighted by molar-refractivity contribution is 0.412. The quantitative estimate of drug-likeness (QED) is 0.879. The Morgan fingerprint density at radius 2 is 1.86 bits per heavy atom. The summed E-state index contributed by atoms with van der Waals surface area (Å²) in [5, 5.41) is 3.59. The molecule has 1 aliphatic carbocycles. The van der Waals surface area contributed by atoms with Gasteiger partial charge in [-0.05, 0) is 73.6 Å². The predicted molar refractivity (Wildman–Crippen MR) is 88.2 cm³/mol. The first kappa shape index (κ1) is 14.0. The lowest BCUT2D eigenvalue weighted by Gasteiger charge is -2.18. The molecule has 0 aromatic heterocycles. The van der Waals surface area contributed by atoms with Gasteiger partial charge in [0, 0.05) is 11.7 Å². The van der Waals surface area contributed by atoms with Crippen molar-refractivity contribution >= 4 is 5.69 Å². The normalized spacial score (nSPS) is 14.6. The maximum atomic E-state index is 5.31. The van der Waals surface area contributed by atoms with Crippen LogP contribution in [0.4, 0.5) is 5.69 Å². The van der Waals surface area contributed by atoms with Gasteiger partial charge in [-0.1, -0.05) is 18.2 Å².